The highest BCUT2D eigenvalue weighted by molar-refractivity contribution is 4.81. The number of likely N-dealkylation sites (N-methyl/N-ethyl adjacent to an activating group) is 1. The SMILES string of the molecule is CC1CCCC(N(C)CC(O)C2CCCC2)C1. The Kier molecular flexibility index (Phi) is 4.87. The van der Waals surface area contributed by atoms with Crippen LogP contribution in [0.25, 0.3) is 0 Å². The molecule has 3 unspecified atom stereocenters. The van der Waals surface area contributed by atoms with E-state index >= 15 is 0 Å². The van der Waals surface area contributed by atoms with Gasteiger partial charge in [0, 0.05) is 12.6 Å². The summed E-state index contributed by atoms with van der Waals surface area (Å²) in [6.07, 6.45) is 10.5. The van der Waals surface area contributed by atoms with Crippen molar-refractivity contribution < 1.29 is 5.11 Å². The van der Waals surface area contributed by atoms with Gasteiger partial charge in [-0.1, -0.05) is 32.6 Å². The fraction of sp³-hybridized carbons (Fsp3) is 1.00. The highest BCUT2D eigenvalue weighted by atomic mass is 16.3. The summed E-state index contributed by atoms with van der Waals surface area (Å²) in [5.74, 6) is 1.46. The third kappa shape index (κ3) is 3.69. The second-order valence-electron chi connectivity index (χ2n) is 6.48. The van der Waals surface area contributed by atoms with Gasteiger partial charge < -0.3 is 10.0 Å². The summed E-state index contributed by atoms with van der Waals surface area (Å²) in [4.78, 5) is 2.43. The maximum absolute atomic E-state index is 10.3. The number of nitrogens with zero attached hydrogens (tertiary/aromatic N) is 1. The summed E-state index contributed by atoms with van der Waals surface area (Å²) in [6.45, 7) is 3.26. The van der Waals surface area contributed by atoms with E-state index in [0.717, 1.165) is 18.5 Å². The van der Waals surface area contributed by atoms with Crippen molar-refractivity contribution >= 4 is 0 Å². The van der Waals surface area contributed by atoms with Gasteiger partial charge in [-0.05, 0) is 44.6 Å². The van der Waals surface area contributed by atoms with Gasteiger partial charge in [-0.15, -0.1) is 0 Å². The minimum Gasteiger partial charge on any atom is -0.392 e. The van der Waals surface area contributed by atoms with Crippen LogP contribution in [0.4, 0.5) is 0 Å². The molecule has 0 aromatic carbocycles. The van der Waals surface area contributed by atoms with Crippen LogP contribution in [0.3, 0.4) is 0 Å². The Morgan fingerprint density at radius 1 is 1.12 bits per heavy atom. The molecule has 100 valence electrons. The van der Waals surface area contributed by atoms with Crippen molar-refractivity contribution in [1.82, 2.24) is 4.90 Å². The Morgan fingerprint density at radius 3 is 2.47 bits per heavy atom. The standard InChI is InChI=1S/C15H29NO/c1-12-6-5-9-14(10-12)16(2)11-15(17)13-7-3-4-8-13/h12-15,17H,3-11H2,1-2H3. The molecule has 2 fully saturated rings. The lowest BCUT2D eigenvalue weighted by molar-refractivity contribution is 0.0480. The average molecular weight is 239 g/mol. The predicted octanol–water partition coefficient (Wildman–Crippen LogP) is 3.05. The quantitative estimate of drug-likeness (QED) is 0.815. The molecule has 0 spiro atoms. The molecule has 0 saturated heterocycles. The summed E-state index contributed by atoms with van der Waals surface area (Å²) in [5.41, 5.74) is 0. The van der Waals surface area contributed by atoms with Crippen LogP contribution in [-0.2, 0) is 0 Å². The lowest BCUT2D eigenvalue weighted by atomic mass is 9.86. The summed E-state index contributed by atoms with van der Waals surface area (Å²) in [5, 5.41) is 10.3. The minimum absolute atomic E-state index is 0.0836. The predicted molar refractivity (Wildman–Crippen MR) is 72.0 cm³/mol. The van der Waals surface area contributed by atoms with Crippen molar-refractivity contribution in [2.45, 2.75) is 70.4 Å². The number of rotatable bonds is 4. The van der Waals surface area contributed by atoms with Crippen LogP contribution in [0.15, 0.2) is 0 Å². The van der Waals surface area contributed by atoms with E-state index in [1.807, 2.05) is 0 Å². The number of aliphatic hydroxyl groups is 1. The summed E-state index contributed by atoms with van der Waals surface area (Å²) in [6, 6.07) is 0.717. The number of hydrogen-bond acceptors (Lipinski definition) is 2. The van der Waals surface area contributed by atoms with E-state index in [9.17, 15) is 5.11 Å². The van der Waals surface area contributed by atoms with E-state index in [4.69, 9.17) is 0 Å². The molecule has 0 aromatic rings. The maximum atomic E-state index is 10.3. The van der Waals surface area contributed by atoms with Crippen molar-refractivity contribution in [3.8, 4) is 0 Å². The zero-order chi connectivity index (χ0) is 12.3. The van der Waals surface area contributed by atoms with Crippen LogP contribution in [0.2, 0.25) is 0 Å². The minimum atomic E-state index is -0.0836. The van der Waals surface area contributed by atoms with Crippen LogP contribution in [0, 0.1) is 11.8 Å². The fourth-order valence-corrected chi connectivity index (χ4v) is 3.74. The van der Waals surface area contributed by atoms with Gasteiger partial charge in [0.25, 0.3) is 0 Å². The summed E-state index contributed by atoms with van der Waals surface area (Å²) < 4.78 is 0. The first kappa shape index (κ1) is 13.4. The second kappa shape index (κ2) is 6.19. The monoisotopic (exact) mass is 239 g/mol. The third-order valence-electron chi connectivity index (χ3n) is 4.95. The van der Waals surface area contributed by atoms with E-state index < -0.39 is 0 Å². The molecule has 2 heteroatoms. The van der Waals surface area contributed by atoms with Crippen LogP contribution < -0.4 is 0 Å². The highest BCUT2D eigenvalue weighted by Crippen LogP contribution is 2.30. The normalized spacial score (nSPS) is 33.2. The topological polar surface area (TPSA) is 23.5 Å². The first-order chi connectivity index (χ1) is 8.16. The van der Waals surface area contributed by atoms with E-state index in [1.54, 1.807) is 0 Å². The molecule has 0 radical (unpaired) electrons. The molecular formula is C15H29NO. The molecule has 2 nitrogen and oxygen atoms in total. The van der Waals surface area contributed by atoms with Crippen molar-refractivity contribution in [3.05, 3.63) is 0 Å². The van der Waals surface area contributed by atoms with Gasteiger partial charge in [-0.25, -0.2) is 0 Å². The molecule has 2 rings (SSSR count). The Balaban J connectivity index is 1.76. The smallest absolute Gasteiger partial charge is 0.0695 e. The first-order valence-corrected chi connectivity index (χ1v) is 7.55. The Hall–Kier alpha value is -0.0800. The van der Waals surface area contributed by atoms with Crippen molar-refractivity contribution in [3.63, 3.8) is 0 Å². The molecule has 2 aliphatic rings. The second-order valence-corrected chi connectivity index (χ2v) is 6.48. The molecule has 3 atom stereocenters. The van der Waals surface area contributed by atoms with Gasteiger partial charge >= 0.3 is 0 Å². The zero-order valence-electron chi connectivity index (χ0n) is 11.6. The molecule has 0 aromatic heterocycles. The Morgan fingerprint density at radius 2 is 1.82 bits per heavy atom. The average Bonchev–Trinajstić information content (AvgIpc) is 2.82. The highest BCUT2D eigenvalue weighted by Gasteiger charge is 2.28. The fourth-order valence-electron chi connectivity index (χ4n) is 3.74. The molecule has 0 aliphatic heterocycles. The van der Waals surface area contributed by atoms with Crippen LogP contribution in [-0.4, -0.2) is 35.7 Å². The van der Waals surface area contributed by atoms with Gasteiger partial charge in [-0.3, -0.25) is 0 Å². The van der Waals surface area contributed by atoms with Gasteiger partial charge in [0.2, 0.25) is 0 Å². The van der Waals surface area contributed by atoms with Crippen molar-refractivity contribution in [2.24, 2.45) is 11.8 Å². The first-order valence-electron chi connectivity index (χ1n) is 7.55. The van der Waals surface area contributed by atoms with E-state index in [0.29, 0.717) is 5.92 Å². The van der Waals surface area contributed by atoms with Crippen molar-refractivity contribution in [1.29, 1.82) is 0 Å². The zero-order valence-corrected chi connectivity index (χ0v) is 11.6. The van der Waals surface area contributed by atoms with Crippen LogP contribution in [0.5, 0.6) is 0 Å². The lowest BCUT2D eigenvalue weighted by Crippen LogP contribution is -2.41. The third-order valence-corrected chi connectivity index (χ3v) is 4.95. The van der Waals surface area contributed by atoms with Crippen LogP contribution in [0.1, 0.15) is 58.3 Å². The maximum Gasteiger partial charge on any atom is 0.0695 e. The number of aliphatic hydroxyl groups excluding tert-OH is 1. The molecule has 17 heavy (non-hydrogen) atoms. The largest absolute Gasteiger partial charge is 0.392 e. The molecule has 0 heterocycles. The molecule has 0 amide bonds. The molecule has 0 bridgehead atoms. The van der Waals surface area contributed by atoms with Gasteiger partial charge in [0.05, 0.1) is 6.10 Å². The Labute approximate surface area is 106 Å². The molecule has 1 N–H and O–H groups in total. The number of hydrogen-bond donors (Lipinski definition) is 1. The van der Waals surface area contributed by atoms with Gasteiger partial charge in [-0.2, -0.15) is 0 Å². The van der Waals surface area contributed by atoms with Crippen molar-refractivity contribution in [2.75, 3.05) is 13.6 Å². The summed E-state index contributed by atoms with van der Waals surface area (Å²) in [7, 11) is 2.21. The Bertz CT molecular complexity index is 225. The van der Waals surface area contributed by atoms with Gasteiger partial charge in [0.1, 0.15) is 0 Å². The van der Waals surface area contributed by atoms with E-state index in [1.165, 1.54) is 51.4 Å². The lowest BCUT2D eigenvalue weighted by Gasteiger charge is -2.36. The molecule has 2 aliphatic carbocycles. The van der Waals surface area contributed by atoms with E-state index in [2.05, 4.69) is 18.9 Å². The van der Waals surface area contributed by atoms with Gasteiger partial charge in [0.15, 0.2) is 0 Å². The van der Waals surface area contributed by atoms with Crippen LogP contribution >= 0.6 is 0 Å². The molecule has 2 saturated carbocycles. The summed E-state index contributed by atoms with van der Waals surface area (Å²) >= 11 is 0. The molecular weight excluding hydrogens is 210 g/mol. The van der Waals surface area contributed by atoms with E-state index in [-0.39, 0.29) is 6.10 Å².